The molecule has 0 saturated heterocycles. The molecule has 0 fully saturated rings. The van der Waals surface area contributed by atoms with Crippen LogP contribution in [-0.2, 0) is 5.75 Å². The highest BCUT2D eigenvalue weighted by atomic mass is 32.2. The summed E-state index contributed by atoms with van der Waals surface area (Å²) in [6.45, 7) is 5.61. The summed E-state index contributed by atoms with van der Waals surface area (Å²) in [6.07, 6.45) is 1.51. The molecule has 3 aromatic rings. The number of furan rings is 1. The van der Waals surface area contributed by atoms with Gasteiger partial charge in [0.15, 0.2) is 0 Å². The number of aromatic nitrogens is 2. The molecule has 9 heteroatoms. The average molecular weight is 375 g/mol. The van der Waals surface area contributed by atoms with E-state index in [2.05, 4.69) is 10.2 Å². The zero-order valence-corrected chi connectivity index (χ0v) is 15.3. The lowest BCUT2D eigenvalue weighted by atomic mass is 10.2. The number of aryl methyl sites for hydroxylation is 1. The van der Waals surface area contributed by atoms with Crippen LogP contribution < -0.4 is 4.74 Å². The van der Waals surface area contributed by atoms with E-state index in [0.717, 1.165) is 5.56 Å². The van der Waals surface area contributed by atoms with E-state index in [9.17, 15) is 10.1 Å². The molecule has 0 bridgehead atoms. The van der Waals surface area contributed by atoms with Crippen molar-refractivity contribution in [3.63, 3.8) is 0 Å². The van der Waals surface area contributed by atoms with E-state index >= 15 is 0 Å². The van der Waals surface area contributed by atoms with Gasteiger partial charge in [-0.05, 0) is 32.9 Å². The van der Waals surface area contributed by atoms with Crippen LogP contribution in [0.25, 0.3) is 11.5 Å². The number of hydrogen-bond donors (Lipinski definition) is 0. The third-order valence-electron chi connectivity index (χ3n) is 3.46. The second-order valence-electron chi connectivity index (χ2n) is 5.77. The van der Waals surface area contributed by atoms with Crippen LogP contribution in [0.5, 0.6) is 5.75 Å². The van der Waals surface area contributed by atoms with Gasteiger partial charge in [0.2, 0.25) is 0 Å². The molecule has 8 nitrogen and oxygen atoms in total. The molecular formula is C17H17N3O5S. The number of ether oxygens (including phenoxy) is 1. The van der Waals surface area contributed by atoms with Crippen LogP contribution in [-0.4, -0.2) is 21.2 Å². The molecule has 3 rings (SSSR count). The fourth-order valence-electron chi connectivity index (χ4n) is 2.28. The molecule has 0 aliphatic rings. The van der Waals surface area contributed by atoms with Gasteiger partial charge in [0.1, 0.15) is 11.5 Å². The highest BCUT2D eigenvalue weighted by molar-refractivity contribution is 7.98. The zero-order chi connectivity index (χ0) is 18.7. The lowest BCUT2D eigenvalue weighted by molar-refractivity contribution is -0.384. The van der Waals surface area contributed by atoms with E-state index in [-0.39, 0.29) is 11.8 Å². The van der Waals surface area contributed by atoms with Crippen LogP contribution in [0, 0.1) is 17.0 Å². The van der Waals surface area contributed by atoms with Crippen molar-refractivity contribution >= 4 is 17.4 Å². The maximum absolute atomic E-state index is 11.0. The fraction of sp³-hybridized carbons (Fsp3) is 0.294. The highest BCUT2D eigenvalue weighted by Crippen LogP contribution is 2.32. The molecule has 0 spiro atoms. The Morgan fingerprint density at radius 1 is 1.31 bits per heavy atom. The second-order valence-corrected chi connectivity index (χ2v) is 6.69. The monoisotopic (exact) mass is 375 g/mol. The smallest absolute Gasteiger partial charge is 0.277 e. The number of nitro groups is 1. The molecular weight excluding hydrogens is 358 g/mol. The highest BCUT2D eigenvalue weighted by Gasteiger charge is 2.16. The summed E-state index contributed by atoms with van der Waals surface area (Å²) < 4.78 is 16.6. The predicted octanol–water partition coefficient (Wildman–Crippen LogP) is 4.63. The standard InChI is InChI=1S/C17H17N3O5S/c1-10(2)24-15-5-4-13(20(21)22)8-12(15)9-26-17-19-18-16(25-17)14-6-7-23-11(14)3/h4-8,10H,9H2,1-3H3. The summed E-state index contributed by atoms with van der Waals surface area (Å²) in [5.41, 5.74) is 1.44. The maximum Gasteiger partial charge on any atom is 0.277 e. The van der Waals surface area contributed by atoms with Crippen molar-refractivity contribution in [2.75, 3.05) is 0 Å². The summed E-state index contributed by atoms with van der Waals surface area (Å²) >= 11 is 1.29. The van der Waals surface area contributed by atoms with Crippen molar-refractivity contribution in [1.82, 2.24) is 10.2 Å². The molecule has 26 heavy (non-hydrogen) atoms. The van der Waals surface area contributed by atoms with Crippen molar-refractivity contribution in [3.8, 4) is 17.2 Å². The number of thioether (sulfide) groups is 1. The quantitative estimate of drug-likeness (QED) is 0.334. The van der Waals surface area contributed by atoms with Crippen LogP contribution in [0.1, 0.15) is 25.2 Å². The van der Waals surface area contributed by atoms with Gasteiger partial charge in [0.25, 0.3) is 16.8 Å². The summed E-state index contributed by atoms with van der Waals surface area (Å²) in [4.78, 5) is 10.6. The normalized spacial score (nSPS) is 11.1. The molecule has 0 unspecified atom stereocenters. The van der Waals surface area contributed by atoms with Gasteiger partial charge in [0, 0.05) is 23.4 Å². The first-order valence-corrected chi connectivity index (χ1v) is 8.87. The van der Waals surface area contributed by atoms with Crippen molar-refractivity contribution in [2.45, 2.75) is 37.9 Å². The maximum atomic E-state index is 11.0. The van der Waals surface area contributed by atoms with E-state index in [4.69, 9.17) is 13.6 Å². The summed E-state index contributed by atoms with van der Waals surface area (Å²) in [6, 6.07) is 6.30. The summed E-state index contributed by atoms with van der Waals surface area (Å²) in [5, 5.41) is 19.4. The van der Waals surface area contributed by atoms with E-state index < -0.39 is 4.92 Å². The predicted molar refractivity (Wildman–Crippen MR) is 95.2 cm³/mol. The molecule has 0 amide bonds. The average Bonchev–Trinajstić information content (AvgIpc) is 3.21. The Labute approximate surface area is 153 Å². The van der Waals surface area contributed by atoms with Gasteiger partial charge in [-0.25, -0.2) is 0 Å². The first-order chi connectivity index (χ1) is 12.4. The SMILES string of the molecule is Cc1occc1-c1nnc(SCc2cc([N+](=O)[O-])ccc2OC(C)C)o1. The van der Waals surface area contributed by atoms with E-state index in [1.54, 1.807) is 18.4 Å². The van der Waals surface area contributed by atoms with Crippen LogP contribution in [0.3, 0.4) is 0 Å². The molecule has 136 valence electrons. The Morgan fingerprint density at radius 3 is 2.77 bits per heavy atom. The molecule has 2 heterocycles. The van der Waals surface area contributed by atoms with E-state index in [1.807, 2.05) is 20.8 Å². The summed E-state index contributed by atoms with van der Waals surface area (Å²) in [5.74, 6) is 2.06. The number of non-ortho nitro benzene ring substituents is 1. The van der Waals surface area contributed by atoms with Crippen LogP contribution in [0.15, 0.2) is 44.6 Å². The molecule has 0 aliphatic heterocycles. The van der Waals surface area contributed by atoms with E-state index in [0.29, 0.717) is 33.9 Å². The molecule has 0 N–H and O–H groups in total. The van der Waals surface area contributed by atoms with Gasteiger partial charge >= 0.3 is 0 Å². The van der Waals surface area contributed by atoms with Crippen molar-refractivity contribution < 1.29 is 18.5 Å². The first-order valence-electron chi connectivity index (χ1n) is 7.88. The van der Waals surface area contributed by atoms with Crippen molar-refractivity contribution in [3.05, 3.63) is 52.0 Å². The van der Waals surface area contributed by atoms with Gasteiger partial charge in [-0.15, -0.1) is 10.2 Å². The minimum absolute atomic E-state index is 0.0111. The Morgan fingerprint density at radius 2 is 2.12 bits per heavy atom. The van der Waals surface area contributed by atoms with Gasteiger partial charge in [-0.1, -0.05) is 11.8 Å². The Bertz CT molecular complexity index is 919. The zero-order valence-electron chi connectivity index (χ0n) is 14.5. The van der Waals surface area contributed by atoms with Gasteiger partial charge in [0.05, 0.1) is 22.9 Å². The van der Waals surface area contributed by atoms with Crippen LogP contribution in [0.2, 0.25) is 0 Å². The minimum Gasteiger partial charge on any atom is -0.491 e. The molecule has 2 aromatic heterocycles. The van der Waals surface area contributed by atoms with Gasteiger partial charge < -0.3 is 13.6 Å². The first kappa shape index (κ1) is 18.0. The number of nitrogens with zero attached hydrogens (tertiary/aromatic N) is 3. The molecule has 0 saturated carbocycles. The van der Waals surface area contributed by atoms with E-state index in [1.165, 1.54) is 23.9 Å². The Hall–Kier alpha value is -2.81. The topological polar surface area (TPSA) is 104 Å². The number of benzene rings is 1. The number of rotatable bonds is 7. The third-order valence-corrected chi connectivity index (χ3v) is 4.33. The van der Waals surface area contributed by atoms with Crippen LogP contribution >= 0.6 is 11.8 Å². The van der Waals surface area contributed by atoms with Gasteiger partial charge in [-0.2, -0.15) is 0 Å². The Kier molecular flexibility index (Phi) is 5.27. The van der Waals surface area contributed by atoms with Crippen molar-refractivity contribution in [2.24, 2.45) is 0 Å². The summed E-state index contributed by atoms with van der Waals surface area (Å²) in [7, 11) is 0. The van der Waals surface area contributed by atoms with Crippen LogP contribution in [0.4, 0.5) is 5.69 Å². The Balaban J connectivity index is 1.78. The lowest BCUT2D eigenvalue weighted by Crippen LogP contribution is -2.07. The second kappa shape index (κ2) is 7.61. The number of hydrogen-bond acceptors (Lipinski definition) is 8. The largest absolute Gasteiger partial charge is 0.491 e. The van der Waals surface area contributed by atoms with Crippen molar-refractivity contribution in [1.29, 1.82) is 0 Å². The minimum atomic E-state index is -0.431. The third kappa shape index (κ3) is 4.05. The van der Waals surface area contributed by atoms with Gasteiger partial charge in [-0.3, -0.25) is 10.1 Å². The lowest BCUT2D eigenvalue weighted by Gasteiger charge is -2.13. The molecule has 0 radical (unpaired) electrons. The molecule has 0 aliphatic carbocycles. The molecule has 0 atom stereocenters. The fourth-order valence-corrected chi connectivity index (χ4v) is 3.03. The molecule has 1 aromatic carbocycles. The number of nitro benzene ring substituents is 1.